The van der Waals surface area contributed by atoms with Crippen molar-refractivity contribution in [3.63, 3.8) is 0 Å². The molecule has 6 nitrogen and oxygen atoms in total. The van der Waals surface area contributed by atoms with Gasteiger partial charge in [-0.2, -0.15) is 0 Å². The maximum Gasteiger partial charge on any atom is 0.204 e. The van der Waals surface area contributed by atoms with E-state index in [9.17, 15) is 0 Å². The van der Waals surface area contributed by atoms with Gasteiger partial charge in [-0.05, 0) is 13.0 Å². The van der Waals surface area contributed by atoms with Crippen LogP contribution in [0.2, 0.25) is 0 Å². The van der Waals surface area contributed by atoms with Crippen molar-refractivity contribution in [3.05, 3.63) is 6.33 Å². The molecule has 2 N–H and O–H groups in total. The molecule has 0 spiro atoms. The minimum atomic E-state index is 0.401. The smallest absolute Gasteiger partial charge is 0.204 e. The molecule has 6 heteroatoms. The highest BCUT2D eigenvalue weighted by molar-refractivity contribution is 5.62. The van der Waals surface area contributed by atoms with Gasteiger partial charge in [-0.1, -0.05) is 6.92 Å². The van der Waals surface area contributed by atoms with E-state index in [1.165, 1.54) is 12.7 Å². The van der Waals surface area contributed by atoms with Crippen LogP contribution in [0.15, 0.2) is 6.33 Å². The molecule has 0 atom stereocenters. The molecule has 1 saturated heterocycles. The van der Waals surface area contributed by atoms with E-state index >= 15 is 0 Å². The Balaban J connectivity index is 2.07. The summed E-state index contributed by atoms with van der Waals surface area (Å²) in [5, 5.41) is 0. The molecule has 0 saturated carbocycles. The zero-order valence-corrected chi connectivity index (χ0v) is 11.1. The van der Waals surface area contributed by atoms with Crippen LogP contribution in [0.1, 0.15) is 13.3 Å². The number of piperazine rings is 1. The van der Waals surface area contributed by atoms with E-state index in [2.05, 4.69) is 26.7 Å². The minimum absolute atomic E-state index is 0.401. The van der Waals surface area contributed by atoms with Crippen molar-refractivity contribution in [3.8, 4) is 5.75 Å². The van der Waals surface area contributed by atoms with Crippen molar-refractivity contribution in [2.75, 3.05) is 50.5 Å². The van der Waals surface area contributed by atoms with Gasteiger partial charge in [0.25, 0.3) is 0 Å². The lowest BCUT2D eigenvalue weighted by Crippen LogP contribution is -2.47. The average molecular weight is 251 g/mol. The Labute approximate surface area is 108 Å². The Hall–Kier alpha value is -1.56. The zero-order valence-electron chi connectivity index (χ0n) is 11.1. The molecule has 0 aliphatic carbocycles. The van der Waals surface area contributed by atoms with E-state index in [0.29, 0.717) is 11.6 Å². The van der Waals surface area contributed by atoms with E-state index < -0.39 is 0 Å². The monoisotopic (exact) mass is 251 g/mol. The summed E-state index contributed by atoms with van der Waals surface area (Å²) in [4.78, 5) is 12.9. The lowest BCUT2D eigenvalue weighted by molar-refractivity contribution is 0.257. The van der Waals surface area contributed by atoms with Gasteiger partial charge in [-0.25, -0.2) is 9.97 Å². The third kappa shape index (κ3) is 2.64. The molecule has 0 amide bonds. The highest BCUT2D eigenvalue weighted by Crippen LogP contribution is 2.30. The summed E-state index contributed by atoms with van der Waals surface area (Å²) in [5.41, 5.74) is 5.80. The average Bonchev–Trinajstić information content (AvgIpc) is 2.40. The lowest BCUT2D eigenvalue weighted by Gasteiger charge is -2.35. The second-order valence-electron chi connectivity index (χ2n) is 4.44. The van der Waals surface area contributed by atoms with Crippen molar-refractivity contribution in [1.29, 1.82) is 0 Å². The fourth-order valence-corrected chi connectivity index (χ4v) is 2.30. The van der Waals surface area contributed by atoms with E-state index in [0.717, 1.165) is 38.5 Å². The SMILES string of the molecule is CCCN1CCN(c2ncnc(N)c2OC)CC1. The topological polar surface area (TPSA) is 67.5 Å². The molecule has 100 valence electrons. The van der Waals surface area contributed by atoms with Crippen molar-refractivity contribution < 1.29 is 4.74 Å². The van der Waals surface area contributed by atoms with Crippen LogP contribution in [-0.4, -0.2) is 54.7 Å². The minimum Gasteiger partial charge on any atom is -0.490 e. The first-order valence-corrected chi connectivity index (χ1v) is 6.38. The first-order chi connectivity index (χ1) is 8.76. The number of anilines is 2. The molecule has 2 heterocycles. The van der Waals surface area contributed by atoms with Crippen LogP contribution in [0.5, 0.6) is 5.75 Å². The van der Waals surface area contributed by atoms with E-state index in [1.54, 1.807) is 7.11 Å². The van der Waals surface area contributed by atoms with Gasteiger partial charge < -0.3 is 15.4 Å². The van der Waals surface area contributed by atoms with Crippen molar-refractivity contribution in [1.82, 2.24) is 14.9 Å². The van der Waals surface area contributed by atoms with Crippen LogP contribution >= 0.6 is 0 Å². The van der Waals surface area contributed by atoms with Crippen LogP contribution in [-0.2, 0) is 0 Å². The molecule has 18 heavy (non-hydrogen) atoms. The molecule has 1 aliphatic rings. The van der Waals surface area contributed by atoms with Crippen LogP contribution in [0.4, 0.5) is 11.6 Å². The second-order valence-corrected chi connectivity index (χ2v) is 4.44. The Morgan fingerprint density at radius 1 is 1.28 bits per heavy atom. The predicted octanol–water partition coefficient (Wildman–Crippen LogP) is 0.599. The molecule has 1 aromatic heterocycles. The summed E-state index contributed by atoms with van der Waals surface area (Å²) in [7, 11) is 1.60. The van der Waals surface area contributed by atoms with Gasteiger partial charge in [0.2, 0.25) is 5.75 Å². The largest absolute Gasteiger partial charge is 0.490 e. The molecule has 0 bridgehead atoms. The molecule has 0 aromatic carbocycles. The summed E-state index contributed by atoms with van der Waals surface area (Å²) in [6.45, 7) is 7.39. The Morgan fingerprint density at radius 2 is 2.00 bits per heavy atom. The number of hydrogen-bond acceptors (Lipinski definition) is 6. The number of nitrogens with zero attached hydrogens (tertiary/aromatic N) is 4. The van der Waals surface area contributed by atoms with Crippen LogP contribution in [0.3, 0.4) is 0 Å². The quantitative estimate of drug-likeness (QED) is 0.845. The van der Waals surface area contributed by atoms with Crippen LogP contribution < -0.4 is 15.4 Å². The van der Waals surface area contributed by atoms with Gasteiger partial charge in [-0.3, -0.25) is 4.90 Å². The standard InChI is InChI=1S/C12H21N5O/c1-3-4-16-5-7-17(8-6-16)12-10(18-2)11(13)14-9-15-12/h9H,3-8H2,1-2H3,(H2,13,14,15). The van der Waals surface area contributed by atoms with E-state index in [1.807, 2.05) is 0 Å². The summed E-state index contributed by atoms with van der Waals surface area (Å²) < 4.78 is 5.30. The molecule has 1 aromatic rings. The fraction of sp³-hybridized carbons (Fsp3) is 0.667. The van der Waals surface area contributed by atoms with Crippen molar-refractivity contribution in [2.45, 2.75) is 13.3 Å². The fourth-order valence-electron chi connectivity index (χ4n) is 2.30. The third-order valence-corrected chi connectivity index (χ3v) is 3.23. The van der Waals surface area contributed by atoms with Gasteiger partial charge >= 0.3 is 0 Å². The summed E-state index contributed by atoms with van der Waals surface area (Å²) in [6.07, 6.45) is 2.69. The Bertz CT molecular complexity index is 390. The Kier molecular flexibility index (Phi) is 4.19. The first-order valence-electron chi connectivity index (χ1n) is 6.38. The lowest BCUT2D eigenvalue weighted by atomic mass is 10.3. The number of hydrogen-bond donors (Lipinski definition) is 1. The zero-order chi connectivity index (χ0) is 13.0. The highest BCUT2D eigenvalue weighted by atomic mass is 16.5. The number of methoxy groups -OCH3 is 1. The molecule has 1 fully saturated rings. The molecule has 0 unspecified atom stereocenters. The van der Waals surface area contributed by atoms with Gasteiger partial charge in [-0.15, -0.1) is 0 Å². The van der Waals surface area contributed by atoms with Gasteiger partial charge in [0.05, 0.1) is 7.11 Å². The molecular weight excluding hydrogens is 230 g/mol. The van der Waals surface area contributed by atoms with Crippen LogP contribution in [0, 0.1) is 0 Å². The molecular formula is C12H21N5O. The van der Waals surface area contributed by atoms with E-state index in [4.69, 9.17) is 10.5 Å². The molecule has 1 aliphatic heterocycles. The normalized spacial score (nSPS) is 16.9. The molecule has 2 rings (SSSR count). The van der Waals surface area contributed by atoms with E-state index in [-0.39, 0.29) is 0 Å². The van der Waals surface area contributed by atoms with Gasteiger partial charge in [0, 0.05) is 26.2 Å². The molecule has 0 radical (unpaired) electrons. The number of ether oxygens (including phenoxy) is 1. The summed E-state index contributed by atoms with van der Waals surface area (Å²) in [5.74, 6) is 1.79. The maximum absolute atomic E-state index is 5.80. The number of nitrogen functional groups attached to an aromatic ring is 1. The van der Waals surface area contributed by atoms with Gasteiger partial charge in [0.1, 0.15) is 6.33 Å². The second kappa shape index (κ2) is 5.86. The Morgan fingerprint density at radius 3 is 2.61 bits per heavy atom. The first kappa shape index (κ1) is 12.9. The van der Waals surface area contributed by atoms with Crippen molar-refractivity contribution >= 4 is 11.6 Å². The van der Waals surface area contributed by atoms with Crippen LogP contribution in [0.25, 0.3) is 0 Å². The highest BCUT2D eigenvalue weighted by Gasteiger charge is 2.21. The number of nitrogens with two attached hydrogens (primary N) is 1. The third-order valence-electron chi connectivity index (χ3n) is 3.23. The maximum atomic E-state index is 5.80. The summed E-state index contributed by atoms with van der Waals surface area (Å²) in [6, 6.07) is 0. The van der Waals surface area contributed by atoms with Gasteiger partial charge in [0.15, 0.2) is 11.6 Å². The van der Waals surface area contributed by atoms with Crippen molar-refractivity contribution in [2.24, 2.45) is 0 Å². The number of rotatable bonds is 4. The number of aromatic nitrogens is 2. The predicted molar refractivity (Wildman–Crippen MR) is 71.9 cm³/mol. The summed E-state index contributed by atoms with van der Waals surface area (Å²) >= 11 is 0.